The summed E-state index contributed by atoms with van der Waals surface area (Å²) in [6.45, 7) is 6.32. The van der Waals surface area contributed by atoms with Crippen LogP contribution in [0.3, 0.4) is 0 Å². The van der Waals surface area contributed by atoms with Crippen LogP contribution in [-0.2, 0) is 4.74 Å². The SMILES string of the molecule is CC(NC(=O)OC(C)(C)C)c1nc2cccc(C(F)F)c2c(=O)n1-c1cc(F)cc(C(F)F)c1. The van der Waals surface area contributed by atoms with Gasteiger partial charge in [-0.1, -0.05) is 12.1 Å². The molecule has 1 N–H and O–H groups in total. The quantitative estimate of drug-likeness (QED) is 0.453. The smallest absolute Gasteiger partial charge is 0.408 e. The summed E-state index contributed by atoms with van der Waals surface area (Å²) in [5, 5.41) is 2.02. The first-order valence-corrected chi connectivity index (χ1v) is 10.2. The predicted molar refractivity (Wildman–Crippen MR) is 115 cm³/mol. The zero-order valence-corrected chi connectivity index (χ0v) is 18.7. The molecular formula is C23H22F5N3O3. The second-order valence-electron chi connectivity index (χ2n) is 8.56. The zero-order chi connectivity index (χ0) is 25.4. The molecule has 0 spiro atoms. The van der Waals surface area contributed by atoms with E-state index in [1.54, 1.807) is 20.8 Å². The summed E-state index contributed by atoms with van der Waals surface area (Å²) >= 11 is 0. The van der Waals surface area contributed by atoms with Gasteiger partial charge in [0.15, 0.2) is 0 Å². The number of carbonyl (C=O) groups is 1. The number of rotatable bonds is 5. The van der Waals surface area contributed by atoms with Crippen molar-refractivity contribution >= 4 is 17.0 Å². The van der Waals surface area contributed by atoms with Gasteiger partial charge >= 0.3 is 6.09 Å². The number of nitrogens with one attached hydrogen (secondary N) is 1. The number of carbonyl (C=O) groups excluding carboxylic acids is 1. The van der Waals surface area contributed by atoms with Crippen LogP contribution in [0.15, 0.2) is 41.2 Å². The molecule has 6 nitrogen and oxygen atoms in total. The fraction of sp³-hybridized carbons (Fsp3) is 0.348. The van der Waals surface area contributed by atoms with Gasteiger partial charge in [-0.2, -0.15) is 0 Å². The van der Waals surface area contributed by atoms with Crippen molar-refractivity contribution in [3.8, 4) is 5.69 Å². The third kappa shape index (κ3) is 5.35. The molecule has 0 fully saturated rings. The average molecular weight is 483 g/mol. The van der Waals surface area contributed by atoms with Gasteiger partial charge in [0.1, 0.15) is 17.2 Å². The largest absolute Gasteiger partial charge is 0.444 e. The summed E-state index contributed by atoms with van der Waals surface area (Å²) in [5.41, 5.74) is -3.67. The number of alkyl carbamates (subject to hydrolysis) is 1. The van der Waals surface area contributed by atoms with Crippen molar-refractivity contribution in [2.45, 2.75) is 52.2 Å². The number of halogens is 5. The van der Waals surface area contributed by atoms with Crippen molar-refractivity contribution in [3.05, 3.63) is 69.5 Å². The van der Waals surface area contributed by atoms with E-state index < -0.39 is 58.5 Å². The molecule has 34 heavy (non-hydrogen) atoms. The maximum Gasteiger partial charge on any atom is 0.408 e. The van der Waals surface area contributed by atoms with Crippen molar-refractivity contribution in [1.29, 1.82) is 0 Å². The molecule has 0 saturated heterocycles. The van der Waals surface area contributed by atoms with Crippen LogP contribution < -0.4 is 10.9 Å². The lowest BCUT2D eigenvalue weighted by molar-refractivity contribution is 0.0505. The highest BCUT2D eigenvalue weighted by atomic mass is 19.3. The molecule has 0 bridgehead atoms. The summed E-state index contributed by atoms with van der Waals surface area (Å²) in [6.07, 6.45) is -6.95. The number of aromatic nitrogens is 2. The number of fused-ring (bicyclic) bond motifs is 1. The fourth-order valence-corrected chi connectivity index (χ4v) is 3.40. The minimum atomic E-state index is -3.06. The molecule has 2 aromatic carbocycles. The van der Waals surface area contributed by atoms with Crippen LogP contribution in [0, 0.1) is 5.82 Å². The Morgan fingerprint density at radius 3 is 2.35 bits per heavy atom. The van der Waals surface area contributed by atoms with Crippen molar-refractivity contribution in [1.82, 2.24) is 14.9 Å². The van der Waals surface area contributed by atoms with E-state index in [9.17, 15) is 31.5 Å². The van der Waals surface area contributed by atoms with Gasteiger partial charge in [0.2, 0.25) is 0 Å². The van der Waals surface area contributed by atoms with Crippen molar-refractivity contribution in [2.75, 3.05) is 0 Å². The number of ether oxygens (including phenoxy) is 1. The second kappa shape index (κ2) is 9.40. The lowest BCUT2D eigenvalue weighted by atomic mass is 10.1. The van der Waals surface area contributed by atoms with E-state index in [0.717, 1.165) is 22.8 Å². The van der Waals surface area contributed by atoms with E-state index in [-0.39, 0.29) is 17.0 Å². The molecule has 3 rings (SSSR count). The molecule has 0 saturated carbocycles. The van der Waals surface area contributed by atoms with Crippen LogP contribution in [0.25, 0.3) is 16.6 Å². The van der Waals surface area contributed by atoms with Gasteiger partial charge in [-0.25, -0.2) is 31.7 Å². The molecule has 1 heterocycles. The molecule has 0 aliphatic rings. The summed E-state index contributed by atoms with van der Waals surface area (Å²) in [4.78, 5) is 30.0. The van der Waals surface area contributed by atoms with Crippen LogP contribution in [0.5, 0.6) is 0 Å². The molecular weight excluding hydrogens is 461 g/mol. The number of alkyl halides is 4. The van der Waals surface area contributed by atoms with Crippen LogP contribution >= 0.6 is 0 Å². The van der Waals surface area contributed by atoms with Crippen molar-refractivity contribution in [3.63, 3.8) is 0 Å². The molecule has 1 unspecified atom stereocenters. The monoisotopic (exact) mass is 483 g/mol. The lowest BCUT2D eigenvalue weighted by Gasteiger charge is -2.23. The van der Waals surface area contributed by atoms with E-state index in [1.807, 2.05) is 0 Å². The van der Waals surface area contributed by atoms with E-state index in [4.69, 9.17) is 4.74 Å². The summed E-state index contributed by atoms with van der Waals surface area (Å²) in [6, 6.07) is 4.85. The van der Waals surface area contributed by atoms with E-state index in [0.29, 0.717) is 6.07 Å². The van der Waals surface area contributed by atoms with E-state index >= 15 is 0 Å². The first-order chi connectivity index (χ1) is 15.8. The molecule has 1 atom stereocenters. The van der Waals surface area contributed by atoms with Gasteiger partial charge < -0.3 is 10.1 Å². The molecule has 1 aromatic heterocycles. The Balaban J connectivity index is 2.30. The molecule has 0 aliphatic heterocycles. The topological polar surface area (TPSA) is 73.2 Å². The van der Waals surface area contributed by atoms with E-state index in [2.05, 4.69) is 10.3 Å². The number of amides is 1. The van der Waals surface area contributed by atoms with Crippen LogP contribution in [-0.4, -0.2) is 21.2 Å². The average Bonchev–Trinajstić information content (AvgIpc) is 2.70. The van der Waals surface area contributed by atoms with Gasteiger partial charge in [0.05, 0.1) is 22.6 Å². The first kappa shape index (κ1) is 25.1. The normalized spacial score (nSPS) is 12.9. The fourth-order valence-electron chi connectivity index (χ4n) is 3.40. The van der Waals surface area contributed by atoms with Gasteiger partial charge in [0, 0.05) is 11.1 Å². The van der Waals surface area contributed by atoms with Crippen LogP contribution in [0.1, 0.15) is 63.5 Å². The van der Waals surface area contributed by atoms with Gasteiger partial charge in [-0.15, -0.1) is 0 Å². The van der Waals surface area contributed by atoms with Gasteiger partial charge in [-0.05, 0) is 52.0 Å². The Labute approximate surface area is 191 Å². The maximum atomic E-state index is 14.2. The van der Waals surface area contributed by atoms with Crippen LogP contribution in [0.4, 0.5) is 26.7 Å². The Bertz CT molecular complexity index is 1290. The Morgan fingerprint density at radius 2 is 1.76 bits per heavy atom. The lowest BCUT2D eigenvalue weighted by Crippen LogP contribution is -2.37. The minimum absolute atomic E-state index is 0.0997. The third-order valence-electron chi connectivity index (χ3n) is 4.73. The molecule has 182 valence electrons. The van der Waals surface area contributed by atoms with Gasteiger partial charge in [0.25, 0.3) is 18.4 Å². The standard InChI is InChI=1S/C23H22F5N3O3/c1-11(29-22(33)34-23(2,3)4)20-30-16-7-5-6-15(19(27)28)17(16)21(32)31(20)14-9-12(18(25)26)8-13(24)10-14/h5-11,18-19H,1-4H3,(H,29,33). The molecule has 11 heteroatoms. The Kier molecular flexibility index (Phi) is 6.94. The third-order valence-corrected chi connectivity index (χ3v) is 4.73. The summed E-state index contributed by atoms with van der Waals surface area (Å²) in [7, 11) is 0. The van der Waals surface area contributed by atoms with E-state index in [1.165, 1.54) is 19.1 Å². The minimum Gasteiger partial charge on any atom is -0.444 e. The highest BCUT2D eigenvalue weighted by Gasteiger charge is 2.25. The van der Waals surface area contributed by atoms with Crippen molar-refractivity contribution in [2.24, 2.45) is 0 Å². The highest BCUT2D eigenvalue weighted by molar-refractivity contribution is 5.82. The maximum absolute atomic E-state index is 14.2. The predicted octanol–water partition coefficient (Wildman–Crippen LogP) is 5.99. The molecule has 0 radical (unpaired) electrons. The number of benzene rings is 2. The molecule has 1 amide bonds. The summed E-state index contributed by atoms with van der Waals surface area (Å²) < 4.78 is 74.0. The molecule has 0 aliphatic carbocycles. The number of hydrogen-bond acceptors (Lipinski definition) is 4. The van der Waals surface area contributed by atoms with Crippen molar-refractivity contribution < 1.29 is 31.5 Å². The number of hydrogen-bond donors (Lipinski definition) is 1. The summed E-state index contributed by atoms with van der Waals surface area (Å²) in [5.74, 6) is -1.26. The zero-order valence-electron chi connectivity index (χ0n) is 18.7. The first-order valence-electron chi connectivity index (χ1n) is 10.2. The number of nitrogens with zero attached hydrogens (tertiary/aromatic N) is 2. The Hall–Kier alpha value is -3.50. The van der Waals surface area contributed by atoms with Gasteiger partial charge in [-0.3, -0.25) is 9.36 Å². The highest BCUT2D eigenvalue weighted by Crippen LogP contribution is 2.28. The second-order valence-corrected chi connectivity index (χ2v) is 8.56. The molecule has 3 aromatic rings. The Morgan fingerprint density at radius 1 is 1.09 bits per heavy atom. The van der Waals surface area contributed by atoms with Crippen LogP contribution in [0.2, 0.25) is 0 Å².